The lowest BCUT2D eigenvalue weighted by Crippen LogP contribution is -2.49. The fourth-order valence-corrected chi connectivity index (χ4v) is 2.26. The van der Waals surface area contributed by atoms with Crippen LogP contribution < -0.4 is 0 Å². The molecule has 1 aliphatic carbocycles. The highest BCUT2D eigenvalue weighted by atomic mass is 16.5. The maximum atomic E-state index is 12.3. The third-order valence-electron chi connectivity index (χ3n) is 3.36. The molecule has 17 heavy (non-hydrogen) atoms. The van der Waals surface area contributed by atoms with E-state index in [0.29, 0.717) is 6.61 Å². The van der Waals surface area contributed by atoms with Crippen molar-refractivity contribution in [3.8, 4) is 0 Å². The Kier molecular flexibility index (Phi) is 3.66. The zero-order chi connectivity index (χ0) is 12.4. The van der Waals surface area contributed by atoms with Gasteiger partial charge in [-0.2, -0.15) is 0 Å². The summed E-state index contributed by atoms with van der Waals surface area (Å²) in [4.78, 5) is 25.5. The van der Waals surface area contributed by atoms with Gasteiger partial charge < -0.3 is 14.4 Å². The summed E-state index contributed by atoms with van der Waals surface area (Å²) in [7, 11) is 1.35. The van der Waals surface area contributed by atoms with E-state index in [1.54, 1.807) is 11.8 Å². The molecule has 0 aromatic heterocycles. The van der Waals surface area contributed by atoms with Gasteiger partial charge in [0, 0.05) is 12.6 Å². The number of nitrogens with zero attached hydrogens (tertiary/aromatic N) is 1. The summed E-state index contributed by atoms with van der Waals surface area (Å²) in [5.74, 6) is -0.411. The van der Waals surface area contributed by atoms with Crippen molar-refractivity contribution in [3.05, 3.63) is 0 Å². The second-order valence-corrected chi connectivity index (χ2v) is 4.68. The monoisotopic (exact) mass is 241 g/mol. The molecule has 5 nitrogen and oxygen atoms in total. The maximum Gasteiger partial charge on any atom is 0.328 e. The van der Waals surface area contributed by atoms with E-state index in [4.69, 9.17) is 9.47 Å². The van der Waals surface area contributed by atoms with Crippen LogP contribution in [0.4, 0.5) is 0 Å². The standard InChI is InChI=1S/C12H19NO4/c1-8(12(15)16-2)13(9-5-6-9)11(14)10-4-3-7-17-10/h8-10H,3-7H2,1-2H3. The molecule has 1 amide bonds. The van der Waals surface area contributed by atoms with E-state index < -0.39 is 6.04 Å². The minimum absolute atomic E-state index is 0.0529. The molecule has 1 heterocycles. The van der Waals surface area contributed by atoms with Gasteiger partial charge in [0.1, 0.15) is 12.1 Å². The first-order chi connectivity index (χ1) is 8.15. The van der Waals surface area contributed by atoms with E-state index in [2.05, 4.69) is 0 Å². The summed E-state index contributed by atoms with van der Waals surface area (Å²) in [6.07, 6.45) is 3.26. The molecular weight excluding hydrogens is 222 g/mol. The molecule has 1 saturated heterocycles. The molecule has 2 unspecified atom stereocenters. The van der Waals surface area contributed by atoms with Crippen LogP contribution in [-0.4, -0.2) is 48.7 Å². The molecule has 96 valence electrons. The number of hydrogen-bond acceptors (Lipinski definition) is 4. The fraction of sp³-hybridized carbons (Fsp3) is 0.833. The van der Waals surface area contributed by atoms with Crippen LogP contribution >= 0.6 is 0 Å². The zero-order valence-electron chi connectivity index (χ0n) is 10.3. The molecule has 0 N–H and O–H groups in total. The lowest BCUT2D eigenvalue weighted by atomic mass is 10.1. The van der Waals surface area contributed by atoms with Gasteiger partial charge in [-0.1, -0.05) is 0 Å². The summed E-state index contributed by atoms with van der Waals surface area (Å²) in [6, 6.07) is -0.315. The van der Waals surface area contributed by atoms with Gasteiger partial charge in [0.15, 0.2) is 0 Å². The predicted molar refractivity (Wildman–Crippen MR) is 60.3 cm³/mol. The predicted octanol–water partition coefficient (Wildman–Crippen LogP) is 0.718. The van der Waals surface area contributed by atoms with Gasteiger partial charge in [-0.3, -0.25) is 4.79 Å². The van der Waals surface area contributed by atoms with Crippen LogP contribution in [0.3, 0.4) is 0 Å². The minimum atomic E-state index is -0.510. The topological polar surface area (TPSA) is 55.8 Å². The number of ether oxygens (including phenoxy) is 2. The first kappa shape index (κ1) is 12.4. The Morgan fingerprint density at radius 2 is 2.06 bits per heavy atom. The smallest absolute Gasteiger partial charge is 0.328 e. The van der Waals surface area contributed by atoms with Gasteiger partial charge in [0.2, 0.25) is 0 Å². The van der Waals surface area contributed by atoms with Crippen molar-refractivity contribution in [1.29, 1.82) is 0 Å². The largest absolute Gasteiger partial charge is 0.467 e. The highest BCUT2D eigenvalue weighted by Gasteiger charge is 2.42. The Morgan fingerprint density at radius 3 is 2.53 bits per heavy atom. The van der Waals surface area contributed by atoms with E-state index in [1.807, 2.05) is 0 Å². The summed E-state index contributed by atoms with van der Waals surface area (Å²) < 4.78 is 10.1. The summed E-state index contributed by atoms with van der Waals surface area (Å²) in [6.45, 7) is 2.36. The van der Waals surface area contributed by atoms with Crippen molar-refractivity contribution in [2.24, 2.45) is 0 Å². The zero-order valence-corrected chi connectivity index (χ0v) is 10.3. The number of carbonyl (C=O) groups is 2. The molecule has 0 aromatic rings. The number of amides is 1. The third-order valence-corrected chi connectivity index (χ3v) is 3.36. The normalized spacial score (nSPS) is 25.4. The molecule has 0 spiro atoms. The molecule has 0 radical (unpaired) electrons. The summed E-state index contributed by atoms with van der Waals surface area (Å²) >= 11 is 0. The molecule has 2 rings (SSSR count). The number of hydrogen-bond donors (Lipinski definition) is 0. The van der Waals surface area contributed by atoms with E-state index in [-0.39, 0.29) is 24.0 Å². The van der Waals surface area contributed by atoms with Crippen molar-refractivity contribution in [3.63, 3.8) is 0 Å². The van der Waals surface area contributed by atoms with Crippen LogP contribution in [0, 0.1) is 0 Å². The Bertz CT molecular complexity index is 308. The first-order valence-electron chi connectivity index (χ1n) is 6.16. The molecule has 1 aliphatic heterocycles. The summed E-state index contributed by atoms with van der Waals surface area (Å²) in [5.41, 5.74) is 0. The average molecular weight is 241 g/mol. The van der Waals surface area contributed by atoms with Gasteiger partial charge in [-0.25, -0.2) is 4.79 Å². The highest BCUT2D eigenvalue weighted by Crippen LogP contribution is 2.31. The molecular formula is C12H19NO4. The second kappa shape index (κ2) is 5.04. The fourth-order valence-electron chi connectivity index (χ4n) is 2.26. The molecule has 2 aliphatic rings. The number of methoxy groups -OCH3 is 1. The first-order valence-corrected chi connectivity index (χ1v) is 6.16. The molecule has 1 saturated carbocycles. The quantitative estimate of drug-likeness (QED) is 0.680. The van der Waals surface area contributed by atoms with Crippen LogP contribution in [0.25, 0.3) is 0 Å². The molecule has 5 heteroatoms. The van der Waals surface area contributed by atoms with Gasteiger partial charge in [0.25, 0.3) is 5.91 Å². The van der Waals surface area contributed by atoms with E-state index in [1.165, 1.54) is 7.11 Å². The third kappa shape index (κ3) is 2.60. The SMILES string of the molecule is COC(=O)C(C)N(C(=O)C1CCCO1)C1CC1. The van der Waals surface area contributed by atoms with E-state index >= 15 is 0 Å². The Morgan fingerprint density at radius 1 is 1.35 bits per heavy atom. The van der Waals surface area contributed by atoms with Crippen molar-refractivity contribution in [2.45, 2.75) is 50.8 Å². The Labute approximate surface area is 101 Å². The minimum Gasteiger partial charge on any atom is -0.467 e. The lowest BCUT2D eigenvalue weighted by Gasteiger charge is -2.29. The molecule has 2 atom stereocenters. The number of rotatable bonds is 4. The van der Waals surface area contributed by atoms with Crippen molar-refractivity contribution in [2.75, 3.05) is 13.7 Å². The van der Waals surface area contributed by atoms with Gasteiger partial charge in [-0.05, 0) is 32.6 Å². The Hall–Kier alpha value is -1.10. The van der Waals surface area contributed by atoms with Crippen molar-refractivity contribution < 1.29 is 19.1 Å². The van der Waals surface area contributed by atoms with Gasteiger partial charge in [0.05, 0.1) is 7.11 Å². The van der Waals surface area contributed by atoms with Crippen LogP contribution in [-0.2, 0) is 19.1 Å². The number of carbonyl (C=O) groups excluding carboxylic acids is 2. The molecule has 0 bridgehead atoms. The van der Waals surface area contributed by atoms with Crippen LogP contribution in [0.5, 0.6) is 0 Å². The lowest BCUT2D eigenvalue weighted by molar-refractivity contribution is -0.156. The van der Waals surface area contributed by atoms with Gasteiger partial charge >= 0.3 is 5.97 Å². The highest BCUT2D eigenvalue weighted by molar-refractivity contribution is 5.87. The number of esters is 1. The van der Waals surface area contributed by atoms with Crippen molar-refractivity contribution in [1.82, 2.24) is 4.90 Å². The van der Waals surface area contributed by atoms with Crippen LogP contribution in [0.15, 0.2) is 0 Å². The van der Waals surface area contributed by atoms with E-state index in [0.717, 1.165) is 25.7 Å². The average Bonchev–Trinajstić information content (AvgIpc) is 3.00. The second-order valence-electron chi connectivity index (χ2n) is 4.68. The van der Waals surface area contributed by atoms with Crippen LogP contribution in [0.1, 0.15) is 32.6 Å². The molecule has 0 aromatic carbocycles. The van der Waals surface area contributed by atoms with Crippen molar-refractivity contribution >= 4 is 11.9 Å². The molecule has 2 fully saturated rings. The van der Waals surface area contributed by atoms with Gasteiger partial charge in [-0.15, -0.1) is 0 Å². The Balaban J connectivity index is 2.05. The van der Waals surface area contributed by atoms with E-state index in [9.17, 15) is 9.59 Å². The summed E-state index contributed by atoms with van der Waals surface area (Å²) in [5, 5.41) is 0. The maximum absolute atomic E-state index is 12.3. The van der Waals surface area contributed by atoms with Crippen LogP contribution in [0.2, 0.25) is 0 Å².